The molecule has 1 saturated heterocycles. The molecule has 0 aromatic heterocycles. The summed E-state index contributed by atoms with van der Waals surface area (Å²) >= 11 is 6.18. The number of aliphatic imine (C=N–C) groups is 1. The Bertz CT molecular complexity index is 809. The van der Waals surface area contributed by atoms with E-state index in [9.17, 15) is 31.1 Å². The van der Waals surface area contributed by atoms with E-state index in [2.05, 4.69) is 26.5 Å². The molecule has 1 heterocycles. The lowest BCUT2D eigenvalue weighted by Gasteiger charge is -2.33. The predicted octanol–water partition coefficient (Wildman–Crippen LogP) is 4.58. The zero-order chi connectivity index (χ0) is 26.7. The van der Waals surface area contributed by atoms with Gasteiger partial charge < -0.3 is 5.32 Å². The van der Waals surface area contributed by atoms with Crippen LogP contribution in [-0.2, 0) is 4.79 Å². The molecule has 4 aliphatic rings. The van der Waals surface area contributed by atoms with Gasteiger partial charge >= 0.3 is 6.18 Å². The standard InChI is InChI=1S/C24H36ClF6N5O/c25-15-8-16(26)10-17(9-15)32-23(34-22(37)13-4-5-18(27)19(28)7-13)33-21-11-20(35-36-21)12-2-1-3-14(6-12)24(29,30)31/h12-21,35-36H,1-11H2,(H2,32,33,34,37). The summed E-state index contributed by atoms with van der Waals surface area (Å²) in [6.07, 6.45) is -6.57. The smallest absolute Gasteiger partial charge is 0.353 e. The Kier molecular flexibility index (Phi) is 9.53. The van der Waals surface area contributed by atoms with Gasteiger partial charge in [-0.15, -0.1) is 11.6 Å². The Balaban J connectivity index is 1.41. The molecule has 3 saturated carbocycles. The average molecular weight is 560 g/mol. The van der Waals surface area contributed by atoms with Gasteiger partial charge in [-0.3, -0.25) is 15.5 Å². The van der Waals surface area contributed by atoms with Crippen molar-refractivity contribution in [1.29, 1.82) is 0 Å². The maximum atomic E-state index is 14.1. The van der Waals surface area contributed by atoms with E-state index in [0.717, 1.165) is 0 Å². The quantitative estimate of drug-likeness (QED) is 0.176. The minimum absolute atomic E-state index is 0.0463. The third-order valence-electron chi connectivity index (χ3n) is 8.18. The number of rotatable bonds is 4. The number of halogens is 7. The molecule has 37 heavy (non-hydrogen) atoms. The van der Waals surface area contributed by atoms with Crippen LogP contribution in [0.3, 0.4) is 0 Å². The number of carbonyl (C=O) groups excluding carboxylic acids is 1. The van der Waals surface area contributed by atoms with Crippen molar-refractivity contribution in [2.24, 2.45) is 22.7 Å². The Morgan fingerprint density at radius 2 is 1.68 bits per heavy atom. The van der Waals surface area contributed by atoms with Crippen molar-refractivity contribution < 1.29 is 31.1 Å². The van der Waals surface area contributed by atoms with Crippen molar-refractivity contribution in [3.8, 4) is 0 Å². The topological polar surface area (TPSA) is 77.5 Å². The molecule has 4 N–H and O–H groups in total. The highest BCUT2D eigenvalue weighted by Gasteiger charge is 2.44. The van der Waals surface area contributed by atoms with E-state index >= 15 is 0 Å². The number of amides is 1. The fourth-order valence-corrected chi connectivity index (χ4v) is 6.55. The van der Waals surface area contributed by atoms with Gasteiger partial charge in [0.25, 0.3) is 0 Å². The molecule has 13 heteroatoms. The monoisotopic (exact) mass is 559 g/mol. The SMILES string of the molecule is O=C(N/C(=N\C1CC(C2CCCC(C(F)(F)F)C2)NN1)NC1CC(F)CC(Cl)C1)C1CCC(F)C(F)C1. The first-order valence-electron chi connectivity index (χ1n) is 13.3. The lowest BCUT2D eigenvalue weighted by Crippen LogP contribution is -2.51. The van der Waals surface area contributed by atoms with E-state index in [1.807, 2.05) is 0 Å². The third-order valence-corrected chi connectivity index (χ3v) is 8.54. The first kappa shape index (κ1) is 28.7. The number of hydrogen-bond donors (Lipinski definition) is 4. The highest BCUT2D eigenvalue weighted by molar-refractivity contribution is 6.20. The maximum Gasteiger partial charge on any atom is 0.391 e. The molecule has 212 valence electrons. The van der Waals surface area contributed by atoms with Gasteiger partial charge in [0.2, 0.25) is 5.91 Å². The molecule has 0 radical (unpaired) electrons. The summed E-state index contributed by atoms with van der Waals surface area (Å²) in [5, 5.41) is 5.36. The summed E-state index contributed by atoms with van der Waals surface area (Å²) in [6.45, 7) is 0. The minimum Gasteiger partial charge on any atom is -0.353 e. The second-order valence-corrected chi connectivity index (χ2v) is 11.7. The number of hydrogen-bond acceptors (Lipinski definition) is 4. The van der Waals surface area contributed by atoms with E-state index in [1.54, 1.807) is 0 Å². The van der Waals surface area contributed by atoms with Crippen LogP contribution in [0.5, 0.6) is 0 Å². The predicted molar refractivity (Wildman–Crippen MR) is 128 cm³/mol. The van der Waals surface area contributed by atoms with Crippen molar-refractivity contribution >= 4 is 23.5 Å². The van der Waals surface area contributed by atoms with Crippen molar-refractivity contribution in [3.63, 3.8) is 0 Å². The molecule has 10 unspecified atom stereocenters. The van der Waals surface area contributed by atoms with Crippen molar-refractivity contribution in [3.05, 3.63) is 0 Å². The molecule has 0 bridgehead atoms. The van der Waals surface area contributed by atoms with Gasteiger partial charge in [0.1, 0.15) is 24.7 Å². The molecular weight excluding hydrogens is 524 g/mol. The van der Waals surface area contributed by atoms with Crippen LogP contribution >= 0.6 is 11.6 Å². The molecule has 0 aromatic rings. The van der Waals surface area contributed by atoms with Gasteiger partial charge in [0.05, 0.1) is 5.92 Å². The van der Waals surface area contributed by atoms with Gasteiger partial charge in [0.15, 0.2) is 5.96 Å². The number of nitrogens with zero attached hydrogens (tertiary/aromatic N) is 1. The van der Waals surface area contributed by atoms with Crippen LogP contribution in [0.2, 0.25) is 0 Å². The maximum absolute atomic E-state index is 14.1. The Labute approximate surface area is 218 Å². The molecule has 4 rings (SSSR count). The highest BCUT2D eigenvalue weighted by Crippen LogP contribution is 2.42. The summed E-state index contributed by atoms with van der Waals surface area (Å²) in [7, 11) is 0. The van der Waals surface area contributed by atoms with Crippen molar-refractivity contribution in [2.45, 2.75) is 119 Å². The first-order chi connectivity index (χ1) is 17.5. The summed E-state index contributed by atoms with van der Waals surface area (Å²) in [4.78, 5) is 17.4. The Morgan fingerprint density at radius 1 is 0.892 bits per heavy atom. The van der Waals surface area contributed by atoms with Crippen LogP contribution in [0.15, 0.2) is 4.99 Å². The van der Waals surface area contributed by atoms with Crippen LogP contribution in [0.25, 0.3) is 0 Å². The molecule has 0 spiro atoms. The van der Waals surface area contributed by atoms with Crippen LogP contribution in [-0.4, -0.2) is 60.2 Å². The zero-order valence-corrected chi connectivity index (χ0v) is 21.3. The van der Waals surface area contributed by atoms with Crippen molar-refractivity contribution in [2.75, 3.05) is 0 Å². The molecule has 10 atom stereocenters. The number of carbonyl (C=O) groups is 1. The number of alkyl halides is 7. The summed E-state index contributed by atoms with van der Waals surface area (Å²) in [6, 6.07) is -0.614. The van der Waals surface area contributed by atoms with Gasteiger partial charge in [-0.1, -0.05) is 6.42 Å². The first-order valence-corrected chi connectivity index (χ1v) is 13.7. The second kappa shape index (κ2) is 12.3. The molecular formula is C24H36ClF6N5O. The Hall–Kier alpha value is -1.27. The van der Waals surface area contributed by atoms with Crippen LogP contribution in [0.1, 0.15) is 70.6 Å². The van der Waals surface area contributed by atoms with Gasteiger partial charge in [-0.2, -0.15) is 13.2 Å². The Morgan fingerprint density at radius 3 is 2.38 bits per heavy atom. The number of hydrazine groups is 1. The fraction of sp³-hybridized carbons (Fsp3) is 0.917. The minimum atomic E-state index is -4.21. The van der Waals surface area contributed by atoms with Gasteiger partial charge in [-0.05, 0) is 63.7 Å². The van der Waals surface area contributed by atoms with E-state index in [-0.39, 0.29) is 68.2 Å². The average Bonchev–Trinajstić information content (AvgIpc) is 3.28. The van der Waals surface area contributed by atoms with Gasteiger partial charge in [-0.25, -0.2) is 23.6 Å². The molecule has 3 aliphatic carbocycles. The molecule has 0 aromatic carbocycles. The van der Waals surface area contributed by atoms with Gasteiger partial charge in [0, 0.05) is 29.8 Å². The van der Waals surface area contributed by atoms with E-state index in [4.69, 9.17) is 11.6 Å². The van der Waals surface area contributed by atoms with E-state index in [0.29, 0.717) is 25.7 Å². The zero-order valence-electron chi connectivity index (χ0n) is 20.6. The molecule has 1 aliphatic heterocycles. The van der Waals surface area contributed by atoms with E-state index < -0.39 is 54.6 Å². The molecule has 1 amide bonds. The normalized spacial score (nSPS) is 41.9. The van der Waals surface area contributed by atoms with Crippen LogP contribution in [0.4, 0.5) is 26.3 Å². The number of guanidine groups is 1. The molecule has 4 fully saturated rings. The second-order valence-electron chi connectivity index (χ2n) is 11.1. The van der Waals surface area contributed by atoms with Crippen LogP contribution in [0, 0.1) is 17.8 Å². The van der Waals surface area contributed by atoms with Crippen molar-refractivity contribution in [1.82, 2.24) is 21.5 Å². The highest BCUT2D eigenvalue weighted by atomic mass is 35.5. The fourth-order valence-electron chi connectivity index (χ4n) is 6.14. The van der Waals surface area contributed by atoms with E-state index in [1.165, 1.54) is 0 Å². The lowest BCUT2D eigenvalue weighted by atomic mass is 9.77. The summed E-state index contributed by atoms with van der Waals surface area (Å²) in [5.41, 5.74) is 6.05. The molecule has 6 nitrogen and oxygen atoms in total. The summed E-state index contributed by atoms with van der Waals surface area (Å²) < 4.78 is 81.3. The number of nitrogens with one attached hydrogen (secondary N) is 4. The third kappa shape index (κ3) is 7.88. The largest absolute Gasteiger partial charge is 0.391 e. The summed E-state index contributed by atoms with van der Waals surface area (Å²) in [5.74, 6) is -2.63. The lowest BCUT2D eigenvalue weighted by molar-refractivity contribution is -0.186. The van der Waals surface area contributed by atoms with Crippen LogP contribution < -0.4 is 21.5 Å².